The molecule has 0 unspecified atom stereocenters. The van der Waals surface area contributed by atoms with Gasteiger partial charge >= 0.3 is 0 Å². The molecule has 1 fully saturated rings. The third-order valence-electron chi connectivity index (χ3n) is 2.93. The zero-order valence-corrected chi connectivity index (χ0v) is 15.4. The van der Waals surface area contributed by atoms with Gasteiger partial charge in [0, 0.05) is 4.47 Å². The molecule has 0 bridgehead atoms. The quantitative estimate of drug-likeness (QED) is 0.629. The Hall–Kier alpha value is -1.27. The van der Waals surface area contributed by atoms with Crippen LogP contribution in [0.5, 0.6) is 0 Å². The Kier molecular flexibility index (Phi) is 5.11. The van der Waals surface area contributed by atoms with E-state index in [9.17, 15) is 4.79 Å². The lowest BCUT2D eigenvalue weighted by Gasteiger charge is -1.99. The van der Waals surface area contributed by atoms with Gasteiger partial charge in [0.05, 0.1) is 20.6 Å². The maximum Gasteiger partial charge on any atom is 0.264 e. The Morgan fingerprint density at radius 1 is 1.13 bits per heavy atom. The van der Waals surface area contributed by atoms with Crippen LogP contribution in [0.1, 0.15) is 5.56 Å². The molecule has 1 heterocycles. The highest BCUT2D eigenvalue weighted by Crippen LogP contribution is 2.31. The average Bonchev–Trinajstić information content (AvgIpc) is 2.83. The highest BCUT2D eigenvalue weighted by molar-refractivity contribution is 9.10. The number of hydrogen-bond donors (Lipinski definition) is 1. The van der Waals surface area contributed by atoms with Gasteiger partial charge in [0.2, 0.25) is 0 Å². The molecule has 0 atom stereocenters. The van der Waals surface area contributed by atoms with Crippen LogP contribution in [-0.4, -0.2) is 11.1 Å². The molecular formula is C16H9BrCl2N2OS. The minimum absolute atomic E-state index is 0.172. The lowest BCUT2D eigenvalue weighted by Crippen LogP contribution is -2.19. The molecule has 1 N–H and O–H groups in total. The summed E-state index contributed by atoms with van der Waals surface area (Å²) in [5.41, 5.74) is 1.57. The summed E-state index contributed by atoms with van der Waals surface area (Å²) in [6.07, 6.45) is 1.82. The third kappa shape index (κ3) is 4.18. The number of thioether (sulfide) groups is 1. The molecule has 0 aliphatic carbocycles. The van der Waals surface area contributed by atoms with E-state index < -0.39 is 0 Å². The van der Waals surface area contributed by atoms with E-state index in [-0.39, 0.29) is 5.91 Å². The van der Waals surface area contributed by atoms with Crippen LogP contribution in [0.3, 0.4) is 0 Å². The predicted molar refractivity (Wildman–Crippen MR) is 101 cm³/mol. The Morgan fingerprint density at radius 3 is 2.70 bits per heavy atom. The van der Waals surface area contributed by atoms with Crippen molar-refractivity contribution in [3.05, 3.63) is 67.5 Å². The smallest absolute Gasteiger partial charge is 0.264 e. The number of carbonyl (C=O) groups is 1. The highest BCUT2D eigenvalue weighted by atomic mass is 79.9. The largest absolute Gasteiger partial charge is 0.300 e. The van der Waals surface area contributed by atoms with Gasteiger partial charge < -0.3 is 5.32 Å². The summed E-state index contributed by atoms with van der Waals surface area (Å²) in [4.78, 5) is 17.0. The fourth-order valence-corrected chi connectivity index (χ4v) is 3.45. The van der Waals surface area contributed by atoms with Gasteiger partial charge in [-0.15, -0.1) is 0 Å². The van der Waals surface area contributed by atoms with Crippen molar-refractivity contribution in [1.82, 2.24) is 5.32 Å². The first-order chi connectivity index (χ1) is 11.0. The normalized spacial score (nSPS) is 17.8. The maximum absolute atomic E-state index is 12.0. The molecule has 2 aromatic rings. The van der Waals surface area contributed by atoms with Gasteiger partial charge in [0.25, 0.3) is 5.91 Å². The van der Waals surface area contributed by atoms with Crippen LogP contribution >= 0.6 is 50.9 Å². The second-order valence-electron chi connectivity index (χ2n) is 4.64. The van der Waals surface area contributed by atoms with E-state index in [4.69, 9.17) is 23.2 Å². The number of halogens is 3. The van der Waals surface area contributed by atoms with Crippen LogP contribution in [-0.2, 0) is 4.79 Å². The molecule has 0 spiro atoms. The topological polar surface area (TPSA) is 41.5 Å². The molecule has 3 nitrogen and oxygen atoms in total. The summed E-state index contributed by atoms with van der Waals surface area (Å²) in [6, 6.07) is 12.8. The SMILES string of the molecule is O=C1NC(=Nc2ccc(Cl)c(Cl)c2)SC1=Cc1cccc(Br)c1. The molecule has 7 heteroatoms. The first kappa shape index (κ1) is 16.6. The summed E-state index contributed by atoms with van der Waals surface area (Å²) in [6.45, 7) is 0. The minimum Gasteiger partial charge on any atom is -0.300 e. The van der Waals surface area contributed by atoms with Crippen LogP contribution < -0.4 is 5.32 Å². The van der Waals surface area contributed by atoms with Crippen molar-refractivity contribution in [2.24, 2.45) is 4.99 Å². The van der Waals surface area contributed by atoms with Gasteiger partial charge in [-0.3, -0.25) is 4.79 Å². The number of hydrogen-bond acceptors (Lipinski definition) is 3. The summed E-state index contributed by atoms with van der Waals surface area (Å²) in [5, 5.41) is 4.14. The molecule has 1 saturated heterocycles. The van der Waals surface area contributed by atoms with Crippen molar-refractivity contribution >= 4 is 73.7 Å². The maximum atomic E-state index is 12.0. The fraction of sp³-hybridized carbons (Fsp3) is 0. The van der Waals surface area contributed by atoms with Crippen LogP contribution in [0.2, 0.25) is 10.0 Å². The van der Waals surface area contributed by atoms with E-state index in [1.54, 1.807) is 18.2 Å². The number of rotatable bonds is 2. The van der Waals surface area contributed by atoms with Gasteiger partial charge in [-0.25, -0.2) is 4.99 Å². The fourth-order valence-electron chi connectivity index (χ4n) is 1.90. The number of nitrogens with one attached hydrogen (secondary N) is 1. The number of aliphatic imine (C=N–C) groups is 1. The average molecular weight is 428 g/mol. The Morgan fingerprint density at radius 2 is 1.96 bits per heavy atom. The molecule has 3 rings (SSSR count). The molecule has 2 aromatic carbocycles. The third-order valence-corrected chi connectivity index (χ3v) is 5.07. The first-order valence-electron chi connectivity index (χ1n) is 6.51. The van der Waals surface area contributed by atoms with Gasteiger partial charge in [-0.2, -0.15) is 0 Å². The monoisotopic (exact) mass is 426 g/mol. The molecule has 1 amide bonds. The van der Waals surface area contributed by atoms with Gasteiger partial charge in [-0.05, 0) is 53.7 Å². The van der Waals surface area contributed by atoms with E-state index in [0.29, 0.717) is 25.8 Å². The van der Waals surface area contributed by atoms with Crippen molar-refractivity contribution < 1.29 is 4.79 Å². The number of nitrogens with zero attached hydrogens (tertiary/aromatic N) is 1. The van der Waals surface area contributed by atoms with Gasteiger partial charge in [0.1, 0.15) is 0 Å². The van der Waals surface area contributed by atoms with Crippen molar-refractivity contribution in [3.63, 3.8) is 0 Å². The van der Waals surface area contributed by atoms with Crippen molar-refractivity contribution in [2.75, 3.05) is 0 Å². The van der Waals surface area contributed by atoms with Crippen LogP contribution in [0.4, 0.5) is 5.69 Å². The first-order valence-corrected chi connectivity index (χ1v) is 8.88. The lowest BCUT2D eigenvalue weighted by atomic mass is 10.2. The van der Waals surface area contributed by atoms with Crippen molar-refractivity contribution in [3.8, 4) is 0 Å². The Bertz CT molecular complexity index is 852. The predicted octanol–water partition coefficient (Wildman–Crippen LogP) is 5.65. The number of carbonyl (C=O) groups excluding carboxylic acids is 1. The number of amidine groups is 1. The zero-order valence-electron chi connectivity index (χ0n) is 11.5. The summed E-state index contributed by atoms with van der Waals surface area (Å²) >= 11 is 16.5. The molecular weight excluding hydrogens is 419 g/mol. The second-order valence-corrected chi connectivity index (χ2v) is 7.40. The van der Waals surface area contributed by atoms with E-state index in [1.807, 2.05) is 30.3 Å². The van der Waals surface area contributed by atoms with Gasteiger partial charge in [-0.1, -0.05) is 51.3 Å². The standard InChI is InChI=1S/C16H9BrCl2N2OS/c17-10-3-1-2-9(6-10)7-14-15(22)21-16(23-14)20-11-4-5-12(18)13(19)8-11/h1-8H,(H,20,21,22). The molecule has 1 aliphatic rings. The molecule has 0 aromatic heterocycles. The van der Waals surface area contributed by atoms with Crippen LogP contribution in [0.15, 0.2) is 56.8 Å². The molecule has 116 valence electrons. The molecule has 23 heavy (non-hydrogen) atoms. The Balaban J connectivity index is 1.84. The Labute approximate surface area is 155 Å². The molecule has 0 radical (unpaired) electrons. The lowest BCUT2D eigenvalue weighted by molar-refractivity contribution is -0.115. The molecule has 0 saturated carbocycles. The van der Waals surface area contributed by atoms with E-state index in [2.05, 4.69) is 26.2 Å². The minimum atomic E-state index is -0.172. The van der Waals surface area contributed by atoms with E-state index >= 15 is 0 Å². The summed E-state index contributed by atoms with van der Waals surface area (Å²) < 4.78 is 0.958. The van der Waals surface area contributed by atoms with Crippen LogP contribution in [0.25, 0.3) is 6.08 Å². The van der Waals surface area contributed by atoms with Crippen LogP contribution in [0, 0.1) is 0 Å². The summed E-state index contributed by atoms with van der Waals surface area (Å²) in [7, 11) is 0. The van der Waals surface area contributed by atoms with E-state index in [1.165, 1.54) is 11.8 Å². The van der Waals surface area contributed by atoms with E-state index in [0.717, 1.165) is 10.0 Å². The van der Waals surface area contributed by atoms with Gasteiger partial charge in [0.15, 0.2) is 5.17 Å². The van der Waals surface area contributed by atoms with Crippen molar-refractivity contribution in [2.45, 2.75) is 0 Å². The zero-order chi connectivity index (χ0) is 16.4. The second kappa shape index (κ2) is 7.09. The molecule has 1 aliphatic heterocycles. The number of amides is 1. The van der Waals surface area contributed by atoms with Crippen molar-refractivity contribution in [1.29, 1.82) is 0 Å². The summed E-state index contributed by atoms with van der Waals surface area (Å²) in [5.74, 6) is -0.172. The highest BCUT2D eigenvalue weighted by Gasteiger charge is 2.23. The number of benzene rings is 2.